The highest BCUT2D eigenvalue weighted by Gasteiger charge is 2.22. The van der Waals surface area contributed by atoms with Crippen molar-refractivity contribution in [1.82, 2.24) is 5.32 Å². The molecule has 15 heavy (non-hydrogen) atoms. The predicted molar refractivity (Wildman–Crippen MR) is 60.6 cm³/mol. The van der Waals surface area contributed by atoms with Crippen LogP contribution in [0, 0.1) is 0 Å². The Kier molecular flexibility index (Phi) is 4.27. The quantitative estimate of drug-likeness (QED) is 0.674. The molecule has 3 heteroatoms. The van der Waals surface area contributed by atoms with Gasteiger partial charge in [-0.25, -0.2) is 0 Å². The van der Waals surface area contributed by atoms with E-state index in [-0.39, 0.29) is 12.6 Å². The Morgan fingerprint density at radius 1 is 1.33 bits per heavy atom. The minimum Gasteiger partial charge on any atom is -0.395 e. The Bertz CT molecular complexity index is 285. The van der Waals surface area contributed by atoms with Gasteiger partial charge in [0, 0.05) is 12.6 Å². The maximum atomic E-state index is 10.2. The molecule has 0 spiro atoms. The summed E-state index contributed by atoms with van der Waals surface area (Å²) in [6.07, 6.45) is 0. The molecule has 0 heterocycles. The van der Waals surface area contributed by atoms with Crippen molar-refractivity contribution in [2.45, 2.75) is 25.5 Å². The molecule has 0 saturated carbocycles. The first kappa shape index (κ1) is 12.2. The fourth-order valence-corrected chi connectivity index (χ4v) is 1.34. The van der Waals surface area contributed by atoms with E-state index in [1.807, 2.05) is 37.3 Å². The molecule has 2 atom stereocenters. The lowest BCUT2D eigenvalue weighted by molar-refractivity contribution is 0.0519. The predicted octanol–water partition coefficient (Wildman–Crippen LogP) is 0.865. The summed E-state index contributed by atoms with van der Waals surface area (Å²) in [6.45, 7) is 4.14. The van der Waals surface area contributed by atoms with E-state index in [0.717, 1.165) is 5.56 Å². The molecule has 2 unspecified atom stereocenters. The van der Waals surface area contributed by atoms with Crippen LogP contribution < -0.4 is 5.32 Å². The second kappa shape index (κ2) is 5.26. The Morgan fingerprint density at radius 3 is 2.47 bits per heavy atom. The molecule has 0 aliphatic carbocycles. The summed E-state index contributed by atoms with van der Waals surface area (Å²) in [4.78, 5) is 0. The van der Waals surface area contributed by atoms with Gasteiger partial charge in [-0.1, -0.05) is 30.3 Å². The molecule has 0 aromatic heterocycles. The maximum Gasteiger partial charge on any atom is 0.0992 e. The van der Waals surface area contributed by atoms with E-state index < -0.39 is 5.60 Å². The lowest BCUT2D eigenvalue weighted by Gasteiger charge is -2.26. The molecule has 0 saturated heterocycles. The van der Waals surface area contributed by atoms with Crippen molar-refractivity contribution in [2.24, 2.45) is 0 Å². The maximum absolute atomic E-state index is 10.2. The highest BCUT2D eigenvalue weighted by molar-refractivity contribution is 5.21. The van der Waals surface area contributed by atoms with Crippen LogP contribution in [0.1, 0.15) is 19.4 Å². The first-order valence-electron chi connectivity index (χ1n) is 5.18. The van der Waals surface area contributed by atoms with Crippen LogP contribution in [0.25, 0.3) is 0 Å². The Labute approximate surface area is 90.8 Å². The molecule has 0 amide bonds. The number of nitrogens with one attached hydrogen (secondary N) is 1. The molecule has 1 aromatic rings. The van der Waals surface area contributed by atoms with Crippen molar-refractivity contribution in [3.05, 3.63) is 35.9 Å². The lowest BCUT2D eigenvalue weighted by Crippen LogP contribution is -2.41. The van der Waals surface area contributed by atoms with E-state index in [4.69, 9.17) is 5.11 Å². The molecular weight excluding hydrogens is 190 g/mol. The van der Waals surface area contributed by atoms with Gasteiger partial charge < -0.3 is 15.5 Å². The summed E-state index contributed by atoms with van der Waals surface area (Å²) in [7, 11) is 0. The summed E-state index contributed by atoms with van der Waals surface area (Å²) >= 11 is 0. The van der Waals surface area contributed by atoms with Crippen molar-refractivity contribution in [3.8, 4) is 0 Å². The smallest absolute Gasteiger partial charge is 0.0992 e. The largest absolute Gasteiger partial charge is 0.395 e. The Morgan fingerprint density at radius 2 is 1.93 bits per heavy atom. The lowest BCUT2D eigenvalue weighted by atomic mass is 9.96. The molecule has 3 nitrogen and oxygen atoms in total. The fourth-order valence-electron chi connectivity index (χ4n) is 1.34. The van der Waals surface area contributed by atoms with Gasteiger partial charge in [0.15, 0.2) is 0 Å². The molecule has 1 rings (SSSR count). The topological polar surface area (TPSA) is 52.5 Å². The fraction of sp³-hybridized carbons (Fsp3) is 0.500. The van der Waals surface area contributed by atoms with Crippen LogP contribution in [0.4, 0.5) is 0 Å². The van der Waals surface area contributed by atoms with Gasteiger partial charge >= 0.3 is 0 Å². The number of aliphatic hydroxyl groups excluding tert-OH is 1. The van der Waals surface area contributed by atoms with Crippen LogP contribution in [-0.4, -0.2) is 29.4 Å². The summed E-state index contributed by atoms with van der Waals surface area (Å²) in [5, 5.41) is 22.1. The monoisotopic (exact) mass is 209 g/mol. The second-order valence-electron chi connectivity index (χ2n) is 4.10. The number of benzene rings is 1. The second-order valence-corrected chi connectivity index (χ2v) is 4.10. The van der Waals surface area contributed by atoms with Crippen LogP contribution in [-0.2, 0) is 5.60 Å². The van der Waals surface area contributed by atoms with Gasteiger partial charge in [0.05, 0.1) is 12.2 Å². The summed E-state index contributed by atoms with van der Waals surface area (Å²) in [5.74, 6) is 0. The average molecular weight is 209 g/mol. The SMILES string of the molecule is CC(CO)NCC(C)(O)c1ccccc1. The minimum atomic E-state index is -0.898. The Hall–Kier alpha value is -0.900. The molecule has 84 valence electrons. The number of hydrogen-bond donors (Lipinski definition) is 3. The van der Waals surface area contributed by atoms with E-state index in [0.29, 0.717) is 6.54 Å². The third kappa shape index (κ3) is 3.63. The van der Waals surface area contributed by atoms with E-state index in [1.54, 1.807) is 6.92 Å². The first-order chi connectivity index (χ1) is 7.06. The minimum absolute atomic E-state index is 0.000173. The Balaban J connectivity index is 2.59. The van der Waals surface area contributed by atoms with Gasteiger partial charge in [-0.2, -0.15) is 0 Å². The van der Waals surface area contributed by atoms with Crippen LogP contribution in [0.2, 0.25) is 0 Å². The van der Waals surface area contributed by atoms with Gasteiger partial charge in [-0.15, -0.1) is 0 Å². The van der Waals surface area contributed by atoms with E-state index in [9.17, 15) is 5.11 Å². The zero-order chi connectivity index (χ0) is 11.3. The van der Waals surface area contributed by atoms with Crippen molar-refractivity contribution < 1.29 is 10.2 Å². The van der Waals surface area contributed by atoms with Crippen LogP contribution >= 0.6 is 0 Å². The van der Waals surface area contributed by atoms with Gasteiger partial charge in [0.2, 0.25) is 0 Å². The summed E-state index contributed by atoms with van der Waals surface area (Å²) in [6, 6.07) is 9.51. The van der Waals surface area contributed by atoms with Crippen molar-refractivity contribution in [2.75, 3.05) is 13.2 Å². The van der Waals surface area contributed by atoms with Crippen molar-refractivity contribution in [3.63, 3.8) is 0 Å². The van der Waals surface area contributed by atoms with Gasteiger partial charge in [0.1, 0.15) is 0 Å². The van der Waals surface area contributed by atoms with E-state index in [2.05, 4.69) is 5.32 Å². The number of aliphatic hydroxyl groups is 2. The van der Waals surface area contributed by atoms with E-state index >= 15 is 0 Å². The standard InChI is InChI=1S/C12H19NO2/c1-10(8-14)13-9-12(2,15)11-6-4-3-5-7-11/h3-7,10,13-15H,8-9H2,1-2H3. The molecule has 0 radical (unpaired) electrons. The van der Waals surface area contributed by atoms with Crippen LogP contribution in [0.3, 0.4) is 0 Å². The van der Waals surface area contributed by atoms with Crippen LogP contribution in [0.5, 0.6) is 0 Å². The molecular formula is C12H19NO2. The third-order valence-corrected chi connectivity index (χ3v) is 2.46. The summed E-state index contributed by atoms with van der Waals surface area (Å²) < 4.78 is 0. The molecule has 0 aliphatic rings. The molecule has 0 bridgehead atoms. The highest BCUT2D eigenvalue weighted by Crippen LogP contribution is 2.18. The average Bonchev–Trinajstić information content (AvgIpc) is 2.27. The van der Waals surface area contributed by atoms with Crippen LogP contribution in [0.15, 0.2) is 30.3 Å². The molecule has 3 N–H and O–H groups in total. The summed E-state index contributed by atoms with van der Waals surface area (Å²) in [5.41, 5.74) is -0.0207. The van der Waals surface area contributed by atoms with Crippen molar-refractivity contribution in [1.29, 1.82) is 0 Å². The number of hydrogen-bond acceptors (Lipinski definition) is 3. The normalized spacial score (nSPS) is 17.1. The van der Waals surface area contributed by atoms with Gasteiger partial charge in [-0.3, -0.25) is 0 Å². The molecule has 1 aromatic carbocycles. The number of rotatable bonds is 5. The molecule has 0 aliphatic heterocycles. The van der Waals surface area contributed by atoms with Crippen molar-refractivity contribution >= 4 is 0 Å². The first-order valence-corrected chi connectivity index (χ1v) is 5.18. The zero-order valence-corrected chi connectivity index (χ0v) is 9.27. The van der Waals surface area contributed by atoms with Gasteiger partial charge in [-0.05, 0) is 19.4 Å². The third-order valence-electron chi connectivity index (χ3n) is 2.46. The van der Waals surface area contributed by atoms with E-state index in [1.165, 1.54) is 0 Å². The van der Waals surface area contributed by atoms with Gasteiger partial charge in [0.25, 0.3) is 0 Å². The molecule has 0 fully saturated rings. The highest BCUT2D eigenvalue weighted by atomic mass is 16.3. The zero-order valence-electron chi connectivity index (χ0n) is 9.27.